The van der Waals surface area contributed by atoms with Crippen molar-refractivity contribution in [3.8, 4) is 0 Å². The number of carbonyl (C=O) groups excluding carboxylic acids is 4. The Balaban J connectivity index is 1.91. The molecule has 0 aromatic heterocycles. The van der Waals surface area contributed by atoms with Crippen LogP contribution in [0.2, 0.25) is 0 Å². The molecule has 3 aliphatic rings. The Kier molecular flexibility index (Phi) is 9.26. The number of halogens is 4. The van der Waals surface area contributed by atoms with Gasteiger partial charge in [0.15, 0.2) is 0 Å². The largest absolute Gasteiger partial charge is 0.471 e. The molecule has 0 aromatic rings. The van der Waals surface area contributed by atoms with E-state index >= 15 is 0 Å². The smallest absolute Gasteiger partial charge is 0.356 e. The maximum absolute atomic E-state index is 14.5. The van der Waals surface area contributed by atoms with Gasteiger partial charge in [-0.05, 0) is 49.0 Å². The zero-order valence-corrected chi connectivity index (χ0v) is 23.6. The van der Waals surface area contributed by atoms with E-state index in [1.54, 1.807) is 5.32 Å². The summed E-state index contributed by atoms with van der Waals surface area (Å²) in [5.74, 6) is -5.25. The number of fused-ring (bicyclic) bond motifs is 1. The summed E-state index contributed by atoms with van der Waals surface area (Å²) in [6, 6.07) is -3.95. The molecule has 1 saturated carbocycles. The summed E-state index contributed by atoms with van der Waals surface area (Å²) >= 11 is 0. The molecule has 3 rings (SSSR count). The number of hydrogen-bond donors (Lipinski definition) is 3. The van der Waals surface area contributed by atoms with E-state index in [2.05, 4.69) is 10.6 Å². The number of alkyl halides is 3. The molecule has 226 valence electrons. The van der Waals surface area contributed by atoms with E-state index in [0.29, 0.717) is 38.1 Å². The lowest BCUT2D eigenvalue weighted by molar-refractivity contribution is -0.176. The van der Waals surface area contributed by atoms with Crippen LogP contribution < -0.4 is 16.0 Å². The van der Waals surface area contributed by atoms with Gasteiger partial charge in [-0.3, -0.25) is 19.2 Å². The summed E-state index contributed by atoms with van der Waals surface area (Å²) in [7, 11) is -4.24. The van der Waals surface area contributed by atoms with E-state index in [9.17, 15) is 45.2 Å². The highest BCUT2D eigenvalue weighted by atomic mass is 32.2. The molecule has 0 spiro atoms. The molecule has 15 heteroatoms. The van der Waals surface area contributed by atoms with Gasteiger partial charge < -0.3 is 20.9 Å². The van der Waals surface area contributed by atoms with Crippen LogP contribution >= 0.6 is 0 Å². The zero-order chi connectivity index (χ0) is 30.2. The van der Waals surface area contributed by atoms with Crippen LogP contribution in [0.1, 0.15) is 52.9 Å². The van der Waals surface area contributed by atoms with Crippen molar-refractivity contribution in [2.24, 2.45) is 23.2 Å². The van der Waals surface area contributed by atoms with Crippen LogP contribution in [-0.2, 0) is 29.0 Å². The van der Waals surface area contributed by atoms with Crippen LogP contribution in [0.5, 0.6) is 0 Å². The van der Waals surface area contributed by atoms with Crippen LogP contribution in [0.15, 0.2) is 11.2 Å². The maximum atomic E-state index is 14.5. The van der Waals surface area contributed by atoms with Crippen molar-refractivity contribution in [1.29, 1.82) is 0 Å². The van der Waals surface area contributed by atoms with Crippen molar-refractivity contribution in [1.82, 2.24) is 20.9 Å². The topological polar surface area (TPSA) is 142 Å². The average molecular weight is 597 g/mol. The summed E-state index contributed by atoms with van der Waals surface area (Å²) in [5, 5.41) is 5.50. The van der Waals surface area contributed by atoms with Gasteiger partial charge in [0.25, 0.3) is 0 Å². The third-order valence-electron chi connectivity index (χ3n) is 7.80. The Hall–Kier alpha value is -2.71. The van der Waals surface area contributed by atoms with Gasteiger partial charge in [-0.25, -0.2) is 8.42 Å². The first-order chi connectivity index (χ1) is 18.3. The molecule has 10 nitrogen and oxygen atoms in total. The zero-order valence-electron chi connectivity index (χ0n) is 22.8. The highest BCUT2D eigenvalue weighted by molar-refractivity contribution is 7.94. The third kappa shape index (κ3) is 7.32. The quantitative estimate of drug-likeness (QED) is 0.364. The van der Waals surface area contributed by atoms with Crippen LogP contribution in [-0.4, -0.2) is 80.6 Å². The lowest BCUT2D eigenvalue weighted by Gasteiger charge is -2.36. The number of nitrogens with zero attached hydrogens (tertiary/aromatic N) is 1. The lowest BCUT2D eigenvalue weighted by Crippen LogP contribution is -2.60. The van der Waals surface area contributed by atoms with Crippen molar-refractivity contribution in [3.63, 3.8) is 0 Å². The molecule has 0 bridgehead atoms. The van der Waals surface area contributed by atoms with Crippen LogP contribution in [0.25, 0.3) is 0 Å². The molecule has 0 aromatic carbocycles. The van der Waals surface area contributed by atoms with Crippen LogP contribution in [0, 0.1) is 23.2 Å². The Morgan fingerprint density at radius 1 is 1.12 bits per heavy atom. The number of sulfone groups is 1. The number of rotatable bonds is 8. The summed E-state index contributed by atoms with van der Waals surface area (Å²) < 4.78 is 77.1. The SMILES string of the molecule is CC(C)(C)[C@@H](NC(=O)C(F)(F)F)C(=O)N1C[C@@H]2CCC[C@@H]2[C@@H]1C(=O)N[C@@H](/C=C(\F)S(C)(=O)=O)C[C@H]1CCNC1=O. The van der Waals surface area contributed by atoms with Crippen molar-refractivity contribution >= 4 is 33.5 Å². The standard InChI is InChI=1S/C25H36F4N4O6S/c1-24(2,3)19(32-23(37)25(27,28)29)22(36)33-12-14-6-5-7-16(14)18(33)21(35)31-15(11-17(26)40(4,38)39)10-13-8-9-30-20(13)34/h11,13-16,18-19H,5-10,12H2,1-4H3,(H,30,34)(H,31,35)(H,32,37)/b17-11+/t13-,14+,15-,16+,18-,19+/m1/s1. The molecule has 2 aliphatic heterocycles. The van der Waals surface area contributed by atoms with E-state index in [0.717, 1.165) is 6.42 Å². The molecular weight excluding hydrogens is 560 g/mol. The lowest BCUT2D eigenvalue weighted by atomic mass is 9.85. The Labute approximate surface area is 230 Å². The molecule has 0 unspecified atom stereocenters. The Morgan fingerprint density at radius 3 is 2.30 bits per heavy atom. The fraction of sp³-hybridized carbons (Fsp3) is 0.760. The van der Waals surface area contributed by atoms with Crippen molar-refractivity contribution in [2.45, 2.75) is 77.2 Å². The predicted octanol–water partition coefficient (Wildman–Crippen LogP) is 1.57. The van der Waals surface area contributed by atoms with Gasteiger partial charge in [-0.1, -0.05) is 27.2 Å². The molecule has 0 radical (unpaired) electrons. The number of amides is 4. The van der Waals surface area contributed by atoms with E-state index in [-0.39, 0.29) is 30.7 Å². The summed E-state index contributed by atoms with van der Waals surface area (Å²) in [5.41, 5.74) is -1.14. The summed E-state index contributed by atoms with van der Waals surface area (Å²) in [4.78, 5) is 52.4. The highest BCUT2D eigenvalue weighted by Gasteiger charge is 2.53. The van der Waals surface area contributed by atoms with E-state index in [1.165, 1.54) is 25.7 Å². The van der Waals surface area contributed by atoms with E-state index in [4.69, 9.17) is 0 Å². The number of likely N-dealkylation sites (tertiary alicyclic amines) is 1. The second-order valence-corrected chi connectivity index (χ2v) is 13.9. The van der Waals surface area contributed by atoms with Gasteiger partial charge in [0.2, 0.25) is 32.7 Å². The second kappa shape index (κ2) is 11.6. The number of carbonyl (C=O) groups is 4. The van der Waals surface area contributed by atoms with E-state index < -0.39 is 68.4 Å². The summed E-state index contributed by atoms with van der Waals surface area (Å²) in [6.45, 7) is 4.91. The molecule has 2 saturated heterocycles. The fourth-order valence-electron chi connectivity index (χ4n) is 5.79. The average Bonchev–Trinajstić information content (AvgIpc) is 3.50. The molecule has 1 aliphatic carbocycles. The molecular formula is C25H36F4N4O6S. The van der Waals surface area contributed by atoms with Gasteiger partial charge in [-0.2, -0.15) is 17.6 Å². The maximum Gasteiger partial charge on any atom is 0.471 e. The first kappa shape index (κ1) is 31.8. The summed E-state index contributed by atoms with van der Waals surface area (Å²) in [6.07, 6.45) is -1.55. The molecule has 2 heterocycles. The minimum Gasteiger partial charge on any atom is -0.356 e. The second-order valence-electron chi connectivity index (χ2n) is 11.9. The van der Waals surface area contributed by atoms with Gasteiger partial charge in [0.05, 0.1) is 6.04 Å². The normalized spacial score (nSPS) is 27.1. The first-order valence-corrected chi connectivity index (χ1v) is 15.0. The molecule has 6 atom stereocenters. The van der Waals surface area contributed by atoms with Crippen molar-refractivity contribution < 1.29 is 45.2 Å². The highest BCUT2D eigenvalue weighted by Crippen LogP contribution is 2.43. The fourth-order valence-corrected chi connectivity index (χ4v) is 6.20. The van der Waals surface area contributed by atoms with Gasteiger partial charge in [0.1, 0.15) is 12.1 Å². The van der Waals surface area contributed by atoms with Crippen molar-refractivity contribution in [2.75, 3.05) is 19.3 Å². The minimum atomic E-state index is -5.22. The number of nitrogens with one attached hydrogen (secondary N) is 3. The Bertz CT molecular complexity index is 1170. The molecule has 3 fully saturated rings. The molecule has 3 N–H and O–H groups in total. The van der Waals surface area contributed by atoms with E-state index in [1.807, 2.05) is 0 Å². The minimum absolute atomic E-state index is 0.0826. The molecule has 4 amide bonds. The van der Waals surface area contributed by atoms with Gasteiger partial charge in [0, 0.05) is 25.3 Å². The number of hydrogen-bond acceptors (Lipinski definition) is 6. The van der Waals surface area contributed by atoms with Gasteiger partial charge >= 0.3 is 12.1 Å². The first-order valence-electron chi connectivity index (χ1n) is 13.1. The third-order valence-corrected chi connectivity index (χ3v) is 8.65. The Morgan fingerprint density at radius 2 is 1.77 bits per heavy atom. The van der Waals surface area contributed by atoms with Crippen LogP contribution in [0.4, 0.5) is 17.6 Å². The van der Waals surface area contributed by atoms with Gasteiger partial charge in [-0.15, -0.1) is 0 Å². The van der Waals surface area contributed by atoms with Crippen LogP contribution in [0.3, 0.4) is 0 Å². The molecule has 40 heavy (non-hydrogen) atoms. The van der Waals surface area contributed by atoms with Crippen molar-refractivity contribution in [3.05, 3.63) is 11.2 Å². The monoisotopic (exact) mass is 596 g/mol. The predicted molar refractivity (Wildman–Crippen MR) is 135 cm³/mol.